The van der Waals surface area contributed by atoms with Gasteiger partial charge in [0.25, 0.3) is 0 Å². The van der Waals surface area contributed by atoms with Crippen LogP contribution in [0.25, 0.3) is 0 Å². The fraction of sp³-hybridized carbons (Fsp3) is 0.769. The van der Waals surface area contributed by atoms with Crippen molar-refractivity contribution in [3.8, 4) is 0 Å². The van der Waals surface area contributed by atoms with Crippen molar-refractivity contribution in [3.05, 3.63) is 5.82 Å². The smallest absolute Gasteiger partial charge is 0.313 e. The average Bonchev–Trinajstić information content (AvgIpc) is 3.17. The third kappa shape index (κ3) is 3.36. The Labute approximate surface area is 125 Å². The zero-order valence-corrected chi connectivity index (χ0v) is 12.3. The molecule has 1 heterocycles. The number of carboxylic acids is 1. The number of nitrogens with zero attached hydrogens (tertiary/aromatic N) is 3. The van der Waals surface area contributed by atoms with Crippen LogP contribution < -0.4 is 0 Å². The van der Waals surface area contributed by atoms with E-state index in [1.165, 1.54) is 0 Å². The zero-order chi connectivity index (χ0) is 15.0. The molecule has 2 saturated carbocycles. The molecule has 0 spiro atoms. The molecule has 2 aliphatic carbocycles. The normalized spacial score (nSPS) is 22.4. The van der Waals surface area contributed by atoms with Crippen molar-refractivity contribution in [3.63, 3.8) is 0 Å². The monoisotopic (exact) mass is 317 g/mol. The summed E-state index contributed by atoms with van der Waals surface area (Å²) in [5, 5.41) is 17.6. The fourth-order valence-electron chi connectivity index (χ4n) is 2.77. The second-order valence-corrected chi connectivity index (χ2v) is 6.70. The van der Waals surface area contributed by atoms with E-state index < -0.39 is 11.9 Å². The first-order chi connectivity index (χ1) is 9.96. The van der Waals surface area contributed by atoms with Crippen LogP contribution in [0.1, 0.15) is 56.3 Å². The van der Waals surface area contributed by atoms with Crippen molar-refractivity contribution in [2.45, 2.75) is 61.6 Å². The second kappa shape index (κ2) is 5.55. The average molecular weight is 317 g/mol. The van der Waals surface area contributed by atoms with Gasteiger partial charge in [-0.25, -0.2) is 8.78 Å². The first kappa shape index (κ1) is 14.7. The Morgan fingerprint density at radius 2 is 1.95 bits per heavy atom. The molecule has 21 heavy (non-hydrogen) atoms. The van der Waals surface area contributed by atoms with Gasteiger partial charge in [0, 0.05) is 24.8 Å². The van der Waals surface area contributed by atoms with Gasteiger partial charge in [-0.15, -0.1) is 10.2 Å². The van der Waals surface area contributed by atoms with Crippen LogP contribution in [0.15, 0.2) is 5.16 Å². The van der Waals surface area contributed by atoms with Crippen LogP contribution in [0, 0.1) is 0 Å². The molecule has 8 heteroatoms. The summed E-state index contributed by atoms with van der Waals surface area (Å²) in [5.74, 6) is -2.74. The van der Waals surface area contributed by atoms with E-state index in [9.17, 15) is 13.6 Å². The molecule has 5 nitrogen and oxygen atoms in total. The molecule has 2 aliphatic rings. The minimum Gasteiger partial charge on any atom is -0.481 e. The maximum atomic E-state index is 13.3. The van der Waals surface area contributed by atoms with E-state index in [4.69, 9.17) is 5.11 Å². The molecule has 116 valence electrons. The Morgan fingerprint density at radius 1 is 1.29 bits per heavy atom. The molecule has 0 aromatic carbocycles. The maximum Gasteiger partial charge on any atom is 0.313 e. The summed E-state index contributed by atoms with van der Waals surface area (Å²) in [5.41, 5.74) is 0. The maximum absolute atomic E-state index is 13.3. The van der Waals surface area contributed by atoms with Gasteiger partial charge >= 0.3 is 5.97 Å². The summed E-state index contributed by atoms with van der Waals surface area (Å²) in [6, 6.07) is 0.314. The number of halogens is 2. The van der Waals surface area contributed by atoms with Gasteiger partial charge in [0.2, 0.25) is 5.92 Å². The molecule has 3 rings (SSSR count). The van der Waals surface area contributed by atoms with Crippen molar-refractivity contribution < 1.29 is 18.7 Å². The number of hydrogen-bond donors (Lipinski definition) is 1. The number of rotatable bonds is 5. The Kier molecular flexibility index (Phi) is 3.90. The topological polar surface area (TPSA) is 68.0 Å². The Morgan fingerprint density at radius 3 is 2.52 bits per heavy atom. The second-order valence-electron chi connectivity index (χ2n) is 5.75. The van der Waals surface area contributed by atoms with Crippen LogP contribution in [0.2, 0.25) is 0 Å². The van der Waals surface area contributed by atoms with Gasteiger partial charge in [-0.3, -0.25) is 4.79 Å². The number of aliphatic carboxylic acids is 1. The van der Waals surface area contributed by atoms with Gasteiger partial charge in [-0.2, -0.15) is 0 Å². The highest BCUT2D eigenvalue weighted by Gasteiger charge is 2.39. The molecule has 1 N–H and O–H groups in total. The molecular weight excluding hydrogens is 300 g/mol. The third-order valence-electron chi connectivity index (χ3n) is 4.01. The predicted molar refractivity (Wildman–Crippen MR) is 72.8 cm³/mol. The molecule has 0 atom stereocenters. The lowest BCUT2D eigenvalue weighted by atomic mass is 9.86. The van der Waals surface area contributed by atoms with E-state index in [1.54, 1.807) is 0 Å². The van der Waals surface area contributed by atoms with Crippen LogP contribution >= 0.6 is 11.8 Å². The molecule has 0 amide bonds. The summed E-state index contributed by atoms with van der Waals surface area (Å²) < 4.78 is 28.5. The largest absolute Gasteiger partial charge is 0.481 e. The van der Waals surface area contributed by atoms with E-state index in [-0.39, 0.29) is 24.5 Å². The Hall–Kier alpha value is -1.18. The highest BCUT2D eigenvalue weighted by Crippen LogP contribution is 2.45. The number of hydrogen-bond acceptors (Lipinski definition) is 4. The van der Waals surface area contributed by atoms with Gasteiger partial charge in [-0.05, 0) is 25.7 Å². The van der Waals surface area contributed by atoms with E-state index in [0.717, 1.165) is 30.4 Å². The van der Waals surface area contributed by atoms with Gasteiger partial charge < -0.3 is 9.67 Å². The zero-order valence-electron chi connectivity index (χ0n) is 11.5. The molecule has 1 aromatic rings. The van der Waals surface area contributed by atoms with Crippen LogP contribution in [0.3, 0.4) is 0 Å². The highest BCUT2D eigenvalue weighted by atomic mass is 32.2. The minimum absolute atomic E-state index is 0.0110. The quantitative estimate of drug-likeness (QED) is 0.845. The number of thioether (sulfide) groups is 1. The molecule has 0 radical (unpaired) electrons. The van der Waals surface area contributed by atoms with Crippen molar-refractivity contribution >= 4 is 17.7 Å². The van der Waals surface area contributed by atoms with Gasteiger partial charge in [0.05, 0.1) is 5.75 Å². The third-order valence-corrected chi connectivity index (χ3v) is 4.94. The van der Waals surface area contributed by atoms with E-state index in [0.29, 0.717) is 24.0 Å². The van der Waals surface area contributed by atoms with Crippen LogP contribution in [-0.2, 0) is 4.79 Å². The van der Waals surface area contributed by atoms with Crippen LogP contribution in [-0.4, -0.2) is 37.5 Å². The molecular formula is C13H17F2N3O2S. The van der Waals surface area contributed by atoms with Crippen molar-refractivity contribution in [2.24, 2.45) is 0 Å². The summed E-state index contributed by atoms with van der Waals surface area (Å²) in [7, 11) is 0. The molecule has 1 aromatic heterocycles. The van der Waals surface area contributed by atoms with Crippen LogP contribution in [0.5, 0.6) is 0 Å². The van der Waals surface area contributed by atoms with E-state index >= 15 is 0 Å². The van der Waals surface area contributed by atoms with Crippen molar-refractivity contribution in [1.29, 1.82) is 0 Å². The predicted octanol–water partition coefficient (Wildman–Crippen LogP) is 3.08. The molecule has 0 aliphatic heterocycles. The fourth-order valence-corrected chi connectivity index (χ4v) is 3.50. The number of carbonyl (C=O) groups is 1. The highest BCUT2D eigenvalue weighted by molar-refractivity contribution is 7.99. The lowest BCUT2D eigenvalue weighted by molar-refractivity contribution is -0.133. The standard InChI is InChI=1S/C13H17F2N3O2S/c14-13(15)5-3-8(4-6-13)11-16-17-12(21-7-10(19)20)18(11)9-1-2-9/h8-9H,1-7H2,(H,19,20). The number of aromatic nitrogens is 3. The molecule has 0 bridgehead atoms. The van der Waals surface area contributed by atoms with Crippen LogP contribution in [0.4, 0.5) is 8.78 Å². The van der Waals surface area contributed by atoms with E-state index in [2.05, 4.69) is 10.2 Å². The summed E-state index contributed by atoms with van der Waals surface area (Å²) in [6.07, 6.45) is 2.67. The number of carboxylic acid groups (broad SMARTS) is 1. The van der Waals surface area contributed by atoms with Gasteiger partial charge in [-0.1, -0.05) is 11.8 Å². The number of alkyl halides is 2. The summed E-state index contributed by atoms with van der Waals surface area (Å²) in [6.45, 7) is 0. The summed E-state index contributed by atoms with van der Waals surface area (Å²) >= 11 is 1.15. The minimum atomic E-state index is -2.55. The summed E-state index contributed by atoms with van der Waals surface area (Å²) in [4.78, 5) is 10.7. The SMILES string of the molecule is O=C(O)CSc1nnc(C2CCC(F)(F)CC2)n1C1CC1. The molecule has 0 unspecified atom stereocenters. The van der Waals surface area contributed by atoms with Crippen molar-refractivity contribution in [2.75, 3.05) is 5.75 Å². The first-order valence-corrected chi connectivity index (χ1v) is 8.12. The first-order valence-electron chi connectivity index (χ1n) is 7.13. The van der Waals surface area contributed by atoms with Gasteiger partial charge in [0.15, 0.2) is 5.16 Å². The molecule has 0 saturated heterocycles. The van der Waals surface area contributed by atoms with Gasteiger partial charge in [0.1, 0.15) is 5.82 Å². The lowest BCUT2D eigenvalue weighted by Crippen LogP contribution is -2.25. The Bertz CT molecular complexity index is 536. The lowest BCUT2D eigenvalue weighted by Gasteiger charge is -2.28. The Balaban J connectivity index is 1.77. The van der Waals surface area contributed by atoms with Crippen molar-refractivity contribution in [1.82, 2.24) is 14.8 Å². The molecule has 2 fully saturated rings. The van der Waals surface area contributed by atoms with E-state index in [1.807, 2.05) is 4.57 Å².